The van der Waals surface area contributed by atoms with Crippen molar-refractivity contribution in [2.45, 2.75) is 19.3 Å². The van der Waals surface area contributed by atoms with E-state index >= 15 is 0 Å². The van der Waals surface area contributed by atoms with Crippen LogP contribution >= 0.6 is 35.6 Å². The standard InChI is InChI=1S/C21H33ClFN5O2.HI/c1-21(2,17-6-5-16(23)13-18(17)22)15-26-20(25-14-19(29)27(3)4)24-7-8-28-9-11-30-12-10-28;/h5-6,13H,7-12,14-15H2,1-4H3,(H2,24,25,26);1H. The van der Waals surface area contributed by atoms with Crippen molar-refractivity contribution in [1.29, 1.82) is 0 Å². The molecule has 0 radical (unpaired) electrons. The minimum Gasteiger partial charge on any atom is -0.379 e. The summed E-state index contributed by atoms with van der Waals surface area (Å²) in [6.45, 7) is 9.50. The van der Waals surface area contributed by atoms with E-state index in [1.165, 1.54) is 17.0 Å². The maximum atomic E-state index is 13.4. The number of benzene rings is 1. The van der Waals surface area contributed by atoms with Crippen LogP contribution in [0.5, 0.6) is 0 Å². The lowest BCUT2D eigenvalue weighted by Gasteiger charge is -2.29. The molecule has 1 aromatic rings. The Morgan fingerprint density at radius 1 is 1.29 bits per heavy atom. The maximum Gasteiger partial charge on any atom is 0.243 e. The second kappa shape index (κ2) is 13.4. The van der Waals surface area contributed by atoms with Crippen molar-refractivity contribution in [3.05, 3.63) is 34.6 Å². The molecule has 2 N–H and O–H groups in total. The predicted octanol–water partition coefficient (Wildman–Crippen LogP) is 2.33. The summed E-state index contributed by atoms with van der Waals surface area (Å²) in [5.41, 5.74) is 0.471. The van der Waals surface area contributed by atoms with Gasteiger partial charge in [0.1, 0.15) is 12.4 Å². The minimum atomic E-state index is -0.372. The number of morpholine rings is 1. The second-order valence-electron chi connectivity index (χ2n) is 8.20. The van der Waals surface area contributed by atoms with Crippen molar-refractivity contribution in [1.82, 2.24) is 20.4 Å². The smallest absolute Gasteiger partial charge is 0.243 e. The van der Waals surface area contributed by atoms with Gasteiger partial charge >= 0.3 is 0 Å². The van der Waals surface area contributed by atoms with Gasteiger partial charge in [-0.25, -0.2) is 9.38 Å². The van der Waals surface area contributed by atoms with E-state index in [1.54, 1.807) is 20.2 Å². The molecule has 2 rings (SSSR count). The Balaban J connectivity index is 0.00000480. The van der Waals surface area contributed by atoms with Crippen LogP contribution in [-0.2, 0) is 14.9 Å². The van der Waals surface area contributed by atoms with Gasteiger partial charge in [0.25, 0.3) is 0 Å². The van der Waals surface area contributed by atoms with E-state index in [0.717, 1.165) is 38.4 Å². The van der Waals surface area contributed by atoms with Gasteiger partial charge in [-0.05, 0) is 17.7 Å². The zero-order valence-corrected chi connectivity index (χ0v) is 21.8. The molecule has 0 spiro atoms. The van der Waals surface area contributed by atoms with Crippen LogP contribution < -0.4 is 10.6 Å². The number of halogens is 3. The molecule has 0 aliphatic carbocycles. The molecule has 7 nitrogen and oxygen atoms in total. The molecule has 176 valence electrons. The highest BCUT2D eigenvalue weighted by Gasteiger charge is 2.24. The third kappa shape index (κ3) is 9.46. The van der Waals surface area contributed by atoms with Crippen molar-refractivity contribution >= 4 is 47.4 Å². The molecule has 1 aliphatic rings. The first-order valence-electron chi connectivity index (χ1n) is 10.2. The maximum absolute atomic E-state index is 13.4. The van der Waals surface area contributed by atoms with E-state index < -0.39 is 0 Å². The summed E-state index contributed by atoms with van der Waals surface area (Å²) >= 11 is 6.26. The number of aliphatic imine (C=N–C) groups is 1. The third-order valence-corrected chi connectivity index (χ3v) is 5.37. The first kappa shape index (κ1) is 27.9. The predicted molar refractivity (Wildman–Crippen MR) is 134 cm³/mol. The number of carbonyl (C=O) groups is 1. The molecule has 1 saturated heterocycles. The van der Waals surface area contributed by atoms with E-state index in [4.69, 9.17) is 16.3 Å². The molecule has 1 aliphatic heterocycles. The average molecular weight is 570 g/mol. The Labute approximate surface area is 206 Å². The van der Waals surface area contributed by atoms with Crippen LogP contribution in [0.4, 0.5) is 4.39 Å². The van der Waals surface area contributed by atoms with Crippen molar-refractivity contribution < 1.29 is 13.9 Å². The molecule has 0 aromatic heterocycles. The van der Waals surface area contributed by atoms with Crippen molar-refractivity contribution in [3.8, 4) is 0 Å². The molecule has 1 aromatic carbocycles. The van der Waals surface area contributed by atoms with Crippen LogP contribution in [0, 0.1) is 5.82 Å². The molecule has 1 heterocycles. The van der Waals surface area contributed by atoms with Gasteiger partial charge < -0.3 is 20.3 Å². The van der Waals surface area contributed by atoms with Crippen LogP contribution in [0.1, 0.15) is 19.4 Å². The zero-order valence-electron chi connectivity index (χ0n) is 18.7. The van der Waals surface area contributed by atoms with Crippen molar-refractivity contribution in [3.63, 3.8) is 0 Å². The van der Waals surface area contributed by atoms with Gasteiger partial charge in [-0.2, -0.15) is 0 Å². The Morgan fingerprint density at radius 2 is 1.97 bits per heavy atom. The highest BCUT2D eigenvalue weighted by Crippen LogP contribution is 2.29. The molecule has 31 heavy (non-hydrogen) atoms. The van der Waals surface area contributed by atoms with Crippen LogP contribution in [-0.4, -0.2) is 88.2 Å². The molecular weight excluding hydrogens is 536 g/mol. The lowest BCUT2D eigenvalue weighted by Crippen LogP contribution is -2.47. The molecular formula is C21H34ClFIN5O2. The van der Waals surface area contributed by atoms with E-state index in [9.17, 15) is 9.18 Å². The molecule has 0 saturated carbocycles. The minimum absolute atomic E-state index is 0. The Hall–Kier alpha value is -1.17. The molecule has 0 bridgehead atoms. The van der Waals surface area contributed by atoms with Gasteiger partial charge in [-0.3, -0.25) is 9.69 Å². The SMILES string of the molecule is CN(C)C(=O)CN=C(NCCN1CCOCC1)NCC(C)(C)c1ccc(F)cc1Cl.I. The lowest BCUT2D eigenvalue weighted by atomic mass is 9.84. The highest BCUT2D eigenvalue weighted by atomic mass is 127. The van der Waals surface area contributed by atoms with E-state index in [2.05, 4.69) is 20.5 Å². The van der Waals surface area contributed by atoms with E-state index in [1.807, 2.05) is 13.8 Å². The normalized spacial score (nSPS) is 15.2. The molecule has 10 heteroatoms. The van der Waals surface area contributed by atoms with Crippen LogP contribution in [0.2, 0.25) is 5.02 Å². The number of likely N-dealkylation sites (N-methyl/N-ethyl adjacent to an activating group) is 1. The zero-order chi connectivity index (χ0) is 22.1. The number of hydrogen-bond acceptors (Lipinski definition) is 4. The number of ether oxygens (including phenoxy) is 1. The Kier molecular flexibility index (Phi) is 12.0. The summed E-state index contributed by atoms with van der Waals surface area (Å²) < 4.78 is 18.8. The van der Waals surface area contributed by atoms with Gasteiger partial charge in [-0.15, -0.1) is 24.0 Å². The van der Waals surface area contributed by atoms with Crippen LogP contribution in [0.25, 0.3) is 0 Å². The largest absolute Gasteiger partial charge is 0.379 e. The van der Waals surface area contributed by atoms with E-state index in [0.29, 0.717) is 24.1 Å². The molecule has 1 fully saturated rings. The quantitative estimate of drug-likeness (QED) is 0.286. The van der Waals surface area contributed by atoms with Gasteiger partial charge in [0, 0.05) is 57.3 Å². The average Bonchev–Trinajstić information content (AvgIpc) is 2.69. The lowest BCUT2D eigenvalue weighted by molar-refractivity contribution is -0.127. The Morgan fingerprint density at radius 3 is 2.58 bits per heavy atom. The summed E-state index contributed by atoms with van der Waals surface area (Å²) in [6.07, 6.45) is 0. The summed E-state index contributed by atoms with van der Waals surface area (Å²) in [6, 6.07) is 4.44. The number of amides is 1. The molecule has 0 unspecified atom stereocenters. The van der Waals surface area contributed by atoms with Gasteiger partial charge in [-0.1, -0.05) is 31.5 Å². The highest BCUT2D eigenvalue weighted by molar-refractivity contribution is 14.0. The monoisotopic (exact) mass is 569 g/mol. The fourth-order valence-electron chi connectivity index (χ4n) is 3.06. The van der Waals surface area contributed by atoms with Crippen LogP contribution in [0.15, 0.2) is 23.2 Å². The molecule has 0 atom stereocenters. The third-order valence-electron chi connectivity index (χ3n) is 5.05. The fraction of sp³-hybridized carbons (Fsp3) is 0.619. The van der Waals surface area contributed by atoms with Gasteiger partial charge in [0.05, 0.1) is 13.2 Å². The topological polar surface area (TPSA) is 69.2 Å². The Bertz CT molecular complexity index is 742. The number of nitrogens with zero attached hydrogens (tertiary/aromatic N) is 3. The fourth-order valence-corrected chi connectivity index (χ4v) is 3.48. The summed E-state index contributed by atoms with van der Waals surface area (Å²) in [5.74, 6) is 0.122. The van der Waals surface area contributed by atoms with Crippen molar-refractivity contribution in [2.75, 3.05) is 66.6 Å². The second-order valence-corrected chi connectivity index (χ2v) is 8.60. The molecule has 1 amide bonds. The first-order chi connectivity index (χ1) is 14.2. The number of nitrogens with one attached hydrogen (secondary N) is 2. The number of rotatable bonds is 8. The van der Waals surface area contributed by atoms with Gasteiger partial charge in [0.15, 0.2) is 5.96 Å². The summed E-state index contributed by atoms with van der Waals surface area (Å²) in [5, 5.41) is 7.00. The van der Waals surface area contributed by atoms with Gasteiger partial charge in [0.2, 0.25) is 5.91 Å². The van der Waals surface area contributed by atoms with Crippen LogP contribution in [0.3, 0.4) is 0 Å². The summed E-state index contributed by atoms with van der Waals surface area (Å²) in [7, 11) is 3.41. The van der Waals surface area contributed by atoms with Crippen molar-refractivity contribution in [2.24, 2.45) is 4.99 Å². The first-order valence-corrected chi connectivity index (χ1v) is 10.5. The number of carbonyl (C=O) groups excluding carboxylic acids is 1. The summed E-state index contributed by atoms with van der Waals surface area (Å²) in [4.78, 5) is 20.2. The number of guanidine groups is 1. The van der Waals surface area contributed by atoms with E-state index in [-0.39, 0.29) is 47.7 Å². The number of hydrogen-bond donors (Lipinski definition) is 2.